The number of nitrogen functional groups attached to an aromatic ring is 1. The predicted octanol–water partition coefficient (Wildman–Crippen LogP) is 4.80. The minimum Gasteiger partial charge on any atom is -0.397 e. The standard InChI is InChI=1S/C20H29N5/c1-13-9-17(21)18(10-14(13)2)25-20-11-19(22-12-23-20)24-15(3)16-7-5-4-6-8-16/h9-12,15-16H,4-8,21H2,1-3H3,(H2,22,23,24,25)/t15-/m0/s1. The van der Waals surface area contributed by atoms with Gasteiger partial charge in [-0.3, -0.25) is 0 Å². The van der Waals surface area contributed by atoms with Gasteiger partial charge in [0.2, 0.25) is 0 Å². The van der Waals surface area contributed by atoms with Crippen LogP contribution in [0.5, 0.6) is 0 Å². The molecule has 1 aromatic heterocycles. The van der Waals surface area contributed by atoms with Crippen LogP contribution in [-0.2, 0) is 0 Å². The van der Waals surface area contributed by atoms with Crippen LogP contribution in [0.15, 0.2) is 24.5 Å². The molecule has 0 saturated heterocycles. The summed E-state index contributed by atoms with van der Waals surface area (Å²) < 4.78 is 0. The fraction of sp³-hybridized carbons (Fsp3) is 0.500. The van der Waals surface area contributed by atoms with Crippen molar-refractivity contribution >= 4 is 23.0 Å². The highest BCUT2D eigenvalue weighted by Crippen LogP contribution is 2.29. The third-order valence-electron chi connectivity index (χ3n) is 5.33. The summed E-state index contributed by atoms with van der Waals surface area (Å²) >= 11 is 0. The van der Waals surface area contributed by atoms with Crippen LogP contribution in [0.2, 0.25) is 0 Å². The van der Waals surface area contributed by atoms with Crippen molar-refractivity contribution in [3.05, 3.63) is 35.7 Å². The van der Waals surface area contributed by atoms with E-state index in [0.717, 1.165) is 28.9 Å². The Morgan fingerprint density at radius 2 is 1.68 bits per heavy atom. The molecule has 1 heterocycles. The van der Waals surface area contributed by atoms with E-state index in [1.807, 2.05) is 12.1 Å². The number of nitrogens with two attached hydrogens (primary N) is 1. The summed E-state index contributed by atoms with van der Waals surface area (Å²) in [5, 5.41) is 6.87. The second-order valence-corrected chi connectivity index (χ2v) is 7.27. The maximum atomic E-state index is 6.13. The highest BCUT2D eigenvalue weighted by molar-refractivity contribution is 5.73. The molecule has 5 heteroatoms. The van der Waals surface area contributed by atoms with E-state index in [1.165, 1.54) is 43.2 Å². The largest absolute Gasteiger partial charge is 0.397 e. The maximum Gasteiger partial charge on any atom is 0.135 e. The van der Waals surface area contributed by atoms with Crippen molar-refractivity contribution in [3.63, 3.8) is 0 Å². The molecule has 2 aromatic rings. The molecule has 134 valence electrons. The van der Waals surface area contributed by atoms with Crippen LogP contribution in [0.25, 0.3) is 0 Å². The Labute approximate surface area is 150 Å². The van der Waals surface area contributed by atoms with E-state index in [1.54, 1.807) is 6.33 Å². The molecule has 1 aliphatic carbocycles. The van der Waals surface area contributed by atoms with Crippen LogP contribution in [-0.4, -0.2) is 16.0 Å². The third-order valence-corrected chi connectivity index (χ3v) is 5.33. The number of aryl methyl sites for hydroxylation is 2. The number of nitrogens with one attached hydrogen (secondary N) is 2. The van der Waals surface area contributed by atoms with Gasteiger partial charge in [0, 0.05) is 12.1 Å². The van der Waals surface area contributed by atoms with E-state index in [-0.39, 0.29) is 0 Å². The van der Waals surface area contributed by atoms with E-state index in [2.05, 4.69) is 47.4 Å². The van der Waals surface area contributed by atoms with Crippen molar-refractivity contribution in [3.8, 4) is 0 Å². The van der Waals surface area contributed by atoms with Gasteiger partial charge in [-0.2, -0.15) is 0 Å². The molecule has 0 radical (unpaired) electrons. The Hall–Kier alpha value is -2.30. The Kier molecular flexibility index (Phi) is 5.41. The van der Waals surface area contributed by atoms with Gasteiger partial charge in [-0.05, 0) is 62.8 Å². The van der Waals surface area contributed by atoms with Crippen LogP contribution in [0.4, 0.5) is 23.0 Å². The van der Waals surface area contributed by atoms with Crippen molar-refractivity contribution in [2.24, 2.45) is 5.92 Å². The smallest absolute Gasteiger partial charge is 0.135 e. The van der Waals surface area contributed by atoms with Gasteiger partial charge < -0.3 is 16.4 Å². The number of hydrogen-bond acceptors (Lipinski definition) is 5. The molecule has 0 aliphatic heterocycles. The molecule has 0 bridgehead atoms. The fourth-order valence-corrected chi connectivity index (χ4v) is 3.57. The van der Waals surface area contributed by atoms with Crippen molar-refractivity contribution in [1.29, 1.82) is 0 Å². The first-order valence-electron chi connectivity index (χ1n) is 9.25. The molecule has 4 N–H and O–H groups in total. The summed E-state index contributed by atoms with van der Waals surface area (Å²) in [5.74, 6) is 2.34. The van der Waals surface area contributed by atoms with E-state index in [0.29, 0.717) is 6.04 Å². The van der Waals surface area contributed by atoms with Gasteiger partial charge in [-0.1, -0.05) is 19.3 Å². The second-order valence-electron chi connectivity index (χ2n) is 7.27. The zero-order chi connectivity index (χ0) is 17.8. The predicted molar refractivity (Wildman–Crippen MR) is 105 cm³/mol. The highest BCUT2D eigenvalue weighted by Gasteiger charge is 2.20. The first-order valence-corrected chi connectivity index (χ1v) is 9.25. The van der Waals surface area contributed by atoms with Crippen molar-refractivity contribution in [2.75, 3.05) is 16.4 Å². The number of benzene rings is 1. The molecular weight excluding hydrogens is 310 g/mol. The lowest BCUT2D eigenvalue weighted by Crippen LogP contribution is -2.28. The summed E-state index contributed by atoms with van der Waals surface area (Å²) in [5.41, 5.74) is 10.1. The molecule has 5 nitrogen and oxygen atoms in total. The van der Waals surface area contributed by atoms with Gasteiger partial charge in [0.1, 0.15) is 18.0 Å². The molecule has 3 rings (SSSR count). The number of anilines is 4. The number of hydrogen-bond donors (Lipinski definition) is 3. The minimum atomic E-state index is 0.426. The number of nitrogens with zero attached hydrogens (tertiary/aromatic N) is 2. The van der Waals surface area contributed by atoms with Gasteiger partial charge in [0.25, 0.3) is 0 Å². The molecule has 0 unspecified atom stereocenters. The Bertz CT molecular complexity index is 722. The molecule has 1 atom stereocenters. The zero-order valence-corrected chi connectivity index (χ0v) is 15.5. The van der Waals surface area contributed by atoms with Gasteiger partial charge in [0.05, 0.1) is 11.4 Å². The lowest BCUT2D eigenvalue weighted by molar-refractivity contribution is 0.328. The topological polar surface area (TPSA) is 75.9 Å². The molecular formula is C20H29N5. The van der Waals surface area contributed by atoms with Crippen LogP contribution >= 0.6 is 0 Å². The molecule has 0 spiro atoms. The lowest BCUT2D eigenvalue weighted by Gasteiger charge is -2.28. The molecule has 1 fully saturated rings. The van der Waals surface area contributed by atoms with Gasteiger partial charge in [-0.25, -0.2) is 9.97 Å². The van der Waals surface area contributed by atoms with Gasteiger partial charge in [-0.15, -0.1) is 0 Å². The van der Waals surface area contributed by atoms with Crippen LogP contribution < -0.4 is 16.4 Å². The summed E-state index contributed by atoms with van der Waals surface area (Å²) in [7, 11) is 0. The summed E-state index contributed by atoms with van der Waals surface area (Å²) in [6.45, 7) is 6.40. The number of rotatable bonds is 5. The quantitative estimate of drug-likeness (QED) is 0.682. The molecule has 0 amide bonds. The Morgan fingerprint density at radius 1 is 1.00 bits per heavy atom. The fourth-order valence-electron chi connectivity index (χ4n) is 3.57. The van der Waals surface area contributed by atoms with E-state index >= 15 is 0 Å². The summed E-state index contributed by atoms with van der Waals surface area (Å²) in [6, 6.07) is 6.43. The molecule has 1 aromatic carbocycles. The maximum absolute atomic E-state index is 6.13. The molecule has 25 heavy (non-hydrogen) atoms. The Balaban J connectivity index is 1.70. The molecule has 1 saturated carbocycles. The van der Waals surface area contributed by atoms with Crippen LogP contribution in [0, 0.1) is 19.8 Å². The van der Waals surface area contributed by atoms with Crippen molar-refractivity contribution in [1.82, 2.24) is 9.97 Å². The van der Waals surface area contributed by atoms with Crippen molar-refractivity contribution in [2.45, 2.75) is 58.9 Å². The second kappa shape index (κ2) is 7.72. The third kappa shape index (κ3) is 4.41. The van der Waals surface area contributed by atoms with Crippen LogP contribution in [0.3, 0.4) is 0 Å². The Morgan fingerprint density at radius 3 is 2.44 bits per heavy atom. The van der Waals surface area contributed by atoms with Crippen LogP contribution in [0.1, 0.15) is 50.2 Å². The average Bonchev–Trinajstić information content (AvgIpc) is 2.61. The summed E-state index contributed by atoms with van der Waals surface area (Å²) in [4.78, 5) is 8.71. The SMILES string of the molecule is Cc1cc(N)c(Nc2cc(N[C@@H](C)C3CCCCC3)ncn2)cc1C. The average molecular weight is 339 g/mol. The van der Waals surface area contributed by atoms with E-state index < -0.39 is 0 Å². The highest BCUT2D eigenvalue weighted by atomic mass is 15.1. The van der Waals surface area contributed by atoms with E-state index in [9.17, 15) is 0 Å². The monoisotopic (exact) mass is 339 g/mol. The normalized spacial score (nSPS) is 16.4. The first kappa shape index (κ1) is 17.5. The van der Waals surface area contributed by atoms with Gasteiger partial charge in [0.15, 0.2) is 0 Å². The first-order chi connectivity index (χ1) is 12.0. The minimum absolute atomic E-state index is 0.426. The zero-order valence-electron chi connectivity index (χ0n) is 15.5. The number of aromatic nitrogens is 2. The van der Waals surface area contributed by atoms with Gasteiger partial charge >= 0.3 is 0 Å². The lowest BCUT2D eigenvalue weighted by atomic mass is 9.84. The van der Waals surface area contributed by atoms with E-state index in [4.69, 9.17) is 5.73 Å². The summed E-state index contributed by atoms with van der Waals surface area (Å²) in [6.07, 6.45) is 8.28. The van der Waals surface area contributed by atoms with Crippen molar-refractivity contribution < 1.29 is 0 Å². The molecule has 1 aliphatic rings.